The summed E-state index contributed by atoms with van der Waals surface area (Å²) in [5.74, 6) is 1.06. The zero-order chi connectivity index (χ0) is 13.3. The van der Waals surface area contributed by atoms with Crippen LogP contribution in [0.15, 0.2) is 11.1 Å². The summed E-state index contributed by atoms with van der Waals surface area (Å²) in [5.41, 5.74) is 1.27. The van der Waals surface area contributed by atoms with Crippen molar-refractivity contribution in [2.45, 2.75) is 25.3 Å². The van der Waals surface area contributed by atoms with Gasteiger partial charge in [0.25, 0.3) is 0 Å². The van der Waals surface area contributed by atoms with Crippen LogP contribution in [-0.4, -0.2) is 20.3 Å². The lowest BCUT2D eigenvalue weighted by molar-refractivity contribution is 0.354. The van der Waals surface area contributed by atoms with Gasteiger partial charge in [-0.15, -0.1) is 0 Å². The molecule has 1 saturated carbocycles. The molecule has 1 aromatic rings. The number of carbonyl (C=O) groups excluding carboxylic acids is 1. The van der Waals surface area contributed by atoms with E-state index in [0.29, 0.717) is 16.5 Å². The fraction of sp³-hybridized carbons (Fsp3) is 0.462. The van der Waals surface area contributed by atoms with Gasteiger partial charge in [-0.25, -0.2) is 4.79 Å². The molecule has 0 bridgehead atoms. The maximum absolute atomic E-state index is 10.5. The smallest absolute Gasteiger partial charge is 0.235 e. The largest absolute Gasteiger partial charge is 0.493 e. The number of hydrogen-bond donors (Lipinski definition) is 0. The summed E-state index contributed by atoms with van der Waals surface area (Å²) in [6, 6.07) is 1.85. The van der Waals surface area contributed by atoms with E-state index in [9.17, 15) is 4.79 Å². The molecule has 0 unspecified atom stereocenters. The minimum Gasteiger partial charge on any atom is -0.493 e. The van der Waals surface area contributed by atoms with Crippen LogP contribution in [0.2, 0.25) is 5.02 Å². The predicted molar refractivity (Wildman–Crippen MR) is 68.3 cm³/mol. The van der Waals surface area contributed by atoms with Crippen LogP contribution in [0.5, 0.6) is 11.5 Å². The first-order valence-electron chi connectivity index (χ1n) is 5.60. The zero-order valence-corrected chi connectivity index (χ0v) is 11.3. The third-order valence-corrected chi connectivity index (χ3v) is 3.62. The van der Waals surface area contributed by atoms with Crippen LogP contribution in [0, 0.1) is 6.92 Å². The van der Waals surface area contributed by atoms with Gasteiger partial charge in [-0.05, 0) is 31.4 Å². The molecule has 0 atom stereocenters. The Bertz CT molecular complexity index is 532. The average molecular weight is 268 g/mol. The second-order valence-corrected chi connectivity index (χ2v) is 4.73. The molecule has 0 radical (unpaired) electrons. The number of hydrogen-bond acceptors (Lipinski definition) is 4. The van der Waals surface area contributed by atoms with Gasteiger partial charge in [0.2, 0.25) is 6.08 Å². The molecular weight excluding hydrogens is 254 g/mol. The Morgan fingerprint density at radius 1 is 1.39 bits per heavy atom. The number of methoxy groups -OCH3 is 2. The van der Waals surface area contributed by atoms with Gasteiger partial charge in [-0.1, -0.05) is 11.6 Å². The number of ether oxygens (including phenoxy) is 2. The molecule has 1 aliphatic rings. The molecule has 0 heterocycles. The summed E-state index contributed by atoms with van der Waals surface area (Å²) in [7, 11) is 3.09. The van der Waals surface area contributed by atoms with E-state index in [4.69, 9.17) is 21.1 Å². The number of halogens is 1. The second kappa shape index (κ2) is 4.63. The number of aliphatic imine (C=N–C) groups is 1. The van der Waals surface area contributed by atoms with Crippen LogP contribution in [0.25, 0.3) is 0 Å². The molecule has 18 heavy (non-hydrogen) atoms. The minimum absolute atomic E-state index is 0.464. The maximum atomic E-state index is 10.5. The fourth-order valence-corrected chi connectivity index (χ4v) is 2.76. The van der Waals surface area contributed by atoms with Crippen molar-refractivity contribution in [3.63, 3.8) is 0 Å². The van der Waals surface area contributed by atoms with Crippen molar-refractivity contribution in [1.29, 1.82) is 0 Å². The summed E-state index contributed by atoms with van der Waals surface area (Å²) >= 11 is 6.36. The van der Waals surface area contributed by atoms with Gasteiger partial charge in [0.15, 0.2) is 11.5 Å². The highest BCUT2D eigenvalue weighted by molar-refractivity contribution is 6.33. The third kappa shape index (κ3) is 1.88. The van der Waals surface area contributed by atoms with Crippen molar-refractivity contribution in [3.8, 4) is 11.5 Å². The molecule has 4 nitrogen and oxygen atoms in total. The highest BCUT2D eigenvalue weighted by Crippen LogP contribution is 2.55. The lowest BCUT2D eigenvalue weighted by atomic mass is 9.98. The van der Waals surface area contributed by atoms with E-state index < -0.39 is 5.54 Å². The summed E-state index contributed by atoms with van der Waals surface area (Å²) < 4.78 is 10.5. The normalized spacial score (nSPS) is 15.8. The average Bonchev–Trinajstić information content (AvgIpc) is 3.09. The molecular formula is C13H14ClNO3. The van der Waals surface area contributed by atoms with Gasteiger partial charge in [-0.2, -0.15) is 4.99 Å². The Kier molecular flexibility index (Phi) is 3.33. The van der Waals surface area contributed by atoms with Crippen LogP contribution in [0.3, 0.4) is 0 Å². The lowest BCUT2D eigenvalue weighted by Gasteiger charge is -2.18. The van der Waals surface area contributed by atoms with E-state index in [1.165, 1.54) is 7.11 Å². The van der Waals surface area contributed by atoms with Gasteiger partial charge in [0, 0.05) is 5.56 Å². The Morgan fingerprint density at radius 3 is 2.50 bits per heavy atom. The first-order chi connectivity index (χ1) is 8.59. The number of benzene rings is 1. The van der Waals surface area contributed by atoms with Crippen molar-refractivity contribution in [2.75, 3.05) is 14.2 Å². The molecule has 0 N–H and O–H groups in total. The SMILES string of the molecule is COc1cc(C)c(C2(N=C=O)CC2)c(Cl)c1OC. The van der Waals surface area contributed by atoms with Crippen LogP contribution in [0.1, 0.15) is 24.0 Å². The van der Waals surface area contributed by atoms with Crippen LogP contribution >= 0.6 is 11.6 Å². The third-order valence-electron chi connectivity index (χ3n) is 3.26. The van der Waals surface area contributed by atoms with Crippen molar-refractivity contribution in [1.82, 2.24) is 0 Å². The van der Waals surface area contributed by atoms with E-state index in [2.05, 4.69) is 4.99 Å². The minimum atomic E-state index is -0.511. The van der Waals surface area contributed by atoms with Gasteiger partial charge < -0.3 is 9.47 Å². The molecule has 2 rings (SSSR count). The number of isocyanates is 1. The first kappa shape index (κ1) is 12.9. The number of nitrogens with zero attached hydrogens (tertiary/aromatic N) is 1. The molecule has 1 fully saturated rings. The molecule has 0 amide bonds. The zero-order valence-electron chi connectivity index (χ0n) is 10.5. The second-order valence-electron chi connectivity index (χ2n) is 4.35. The standard InChI is InChI=1S/C13H14ClNO3/c1-8-6-9(17-2)12(18-3)11(14)10(8)13(4-5-13)15-7-16/h6H,4-5H2,1-3H3. The van der Waals surface area contributed by atoms with Crippen molar-refractivity contribution in [3.05, 3.63) is 22.2 Å². The molecule has 0 saturated heterocycles. The van der Waals surface area contributed by atoms with E-state index in [1.54, 1.807) is 13.2 Å². The highest BCUT2D eigenvalue weighted by atomic mass is 35.5. The summed E-state index contributed by atoms with van der Waals surface area (Å²) in [5, 5.41) is 0.464. The van der Waals surface area contributed by atoms with E-state index in [1.807, 2.05) is 13.0 Å². The van der Waals surface area contributed by atoms with Crippen molar-refractivity contribution in [2.24, 2.45) is 4.99 Å². The van der Waals surface area contributed by atoms with Crippen LogP contribution < -0.4 is 9.47 Å². The monoisotopic (exact) mass is 267 g/mol. The fourth-order valence-electron chi connectivity index (χ4n) is 2.27. The van der Waals surface area contributed by atoms with Crippen LogP contribution in [0.4, 0.5) is 0 Å². The van der Waals surface area contributed by atoms with Crippen molar-refractivity contribution < 1.29 is 14.3 Å². The van der Waals surface area contributed by atoms with E-state index >= 15 is 0 Å². The van der Waals surface area contributed by atoms with Gasteiger partial charge in [0.1, 0.15) is 5.54 Å². The Labute approximate surface area is 111 Å². The molecule has 5 heteroatoms. The van der Waals surface area contributed by atoms with E-state index in [0.717, 1.165) is 24.0 Å². The highest BCUT2D eigenvalue weighted by Gasteiger charge is 2.48. The summed E-state index contributed by atoms with van der Waals surface area (Å²) in [6.07, 6.45) is 3.24. The maximum Gasteiger partial charge on any atom is 0.235 e. The van der Waals surface area contributed by atoms with Gasteiger partial charge in [-0.3, -0.25) is 0 Å². The van der Waals surface area contributed by atoms with Crippen molar-refractivity contribution >= 4 is 17.7 Å². The Balaban J connectivity index is 2.65. The molecule has 0 aromatic heterocycles. The van der Waals surface area contributed by atoms with Gasteiger partial charge >= 0.3 is 0 Å². The van der Waals surface area contributed by atoms with Crippen LogP contribution in [-0.2, 0) is 10.3 Å². The molecule has 1 aliphatic carbocycles. The molecule has 0 aliphatic heterocycles. The Hall–Kier alpha value is -1.51. The quantitative estimate of drug-likeness (QED) is 0.622. The number of rotatable bonds is 4. The van der Waals surface area contributed by atoms with Gasteiger partial charge in [0.05, 0.1) is 19.2 Å². The summed E-state index contributed by atoms with van der Waals surface area (Å²) in [6.45, 7) is 1.92. The lowest BCUT2D eigenvalue weighted by Crippen LogP contribution is -2.08. The van der Waals surface area contributed by atoms with E-state index in [-0.39, 0.29) is 0 Å². The number of aryl methyl sites for hydroxylation is 1. The molecule has 96 valence electrons. The topological polar surface area (TPSA) is 47.9 Å². The Morgan fingerprint density at radius 2 is 2.06 bits per heavy atom. The molecule has 0 spiro atoms. The molecule has 1 aromatic carbocycles. The predicted octanol–water partition coefficient (Wildman–Crippen LogP) is 2.99. The summed E-state index contributed by atoms with van der Waals surface area (Å²) in [4.78, 5) is 14.4. The first-order valence-corrected chi connectivity index (χ1v) is 5.98.